The van der Waals surface area contributed by atoms with Crippen molar-refractivity contribution in [3.63, 3.8) is 0 Å². The van der Waals surface area contributed by atoms with Crippen LogP contribution in [0, 0.1) is 5.82 Å². The van der Waals surface area contributed by atoms with Crippen molar-refractivity contribution in [1.82, 2.24) is 9.47 Å². The zero-order chi connectivity index (χ0) is 19.6. The van der Waals surface area contributed by atoms with E-state index in [1.54, 1.807) is 48.0 Å². The number of carbonyl (C=O) groups is 3. The highest BCUT2D eigenvalue weighted by molar-refractivity contribution is 8.18. The molecule has 1 aliphatic rings. The second kappa shape index (κ2) is 7.79. The lowest BCUT2D eigenvalue weighted by atomic mass is 10.2. The number of amides is 2. The molecule has 1 saturated heterocycles. The molecular weight excluding hydrogens is 371 g/mol. The summed E-state index contributed by atoms with van der Waals surface area (Å²) in [5, 5.41) is -0.546. The molecule has 1 aromatic heterocycles. The summed E-state index contributed by atoms with van der Waals surface area (Å²) in [6, 6.07) is 8.65. The van der Waals surface area contributed by atoms with Gasteiger partial charge in [-0.3, -0.25) is 14.5 Å². The van der Waals surface area contributed by atoms with Crippen molar-refractivity contribution in [2.45, 2.75) is 19.9 Å². The van der Waals surface area contributed by atoms with Crippen LogP contribution in [0.4, 0.5) is 9.18 Å². The number of hydrogen-bond donors (Lipinski definition) is 0. The van der Waals surface area contributed by atoms with Crippen molar-refractivity contribution in [3.8, 4) is 5.69 Å². The average Bonchev–Trinajstić information content (AvgIpc) is 3.20. The van der Waals surface area contributed by atoms with Crippen LogP contribution in [-0.2, 0) is 14.3 Å². The maximum absolute atomic E-state index is 14.1. The lowest BCUT2D eigenvalue weighted by molar-refractivity contribution is -0.150. The first-order valence-corrected chi connectivity index (χ1v) is 9.11. The Labute approximate surface area is 159 Å². The van der Waals surface area contributed by atoms with Crippen LogP contribution >= 0.6 is 11.8 Å². The molecule has 0 unspecified atom stereocenters. The number of ether oxygens (including phenoxy) is 1. The predicted octanol–water partition coefficient (Wildman–Crippen LogP) is 3.60. The molecule has 1 fully saturated rings. The molecule has 0 spiro atoms. The summed E-state index contributed by atoms with van der Waals surface area (Å²) in [6.45, 7) is 3.25. The molecule has 0 saturated carbocycles. The van der Waals surface area contributed by atoms with Crippen molar-refractivity contribution in [2.24, 2.45) is 0 Å². The Balaban J connectivity index is 1.91. The Morgan fingerprint density at radius 1 is 1.26 bits per heavy atom. The van der Waals surface area contributed by atoms with Crippen molar-refractivity contribution >= 4 is 35.0 Å². The van der Waals surface area contributed by atoms with Gasteiger partial charge in [-0.15, -0.1) is 0 Å². The first-order valence-electron chi connectivity index (χ1n) is 8.30. The Morgan fingerprint density at radius 2 is 2.00 bits per heavy atom. The summed E-state index contributed by atoms with van der Waals surface area (Å²) in [5.41, 5.74) is 0.863. The molecule has 140 valence electrons. The summed E-state index contributed by atoms with van der Waals surface area (Å²) in [7, 11) is 0. The molecule has 2 aromatic rings. The summed E-state index contributed by atoms with van der Waals surface area (Å²) in [6.07, 6.45) is 3.17. The number of esters is 1. The van der Waals surface area contributed by atoms with Crippen LogP contribution in [0.1, 0.15) is 19.5 Å². The molecule has 0 aliphatic carbocycles. The van der Waals surface area contributed by atoms with Crippen LogP contribution in [0.25, 0.3) is 11.8 Å². The molecule has 6 nitrogen and oxygen atoms in total. The first kappa shape index (κ1) is 18.9. The summed E-state index contributed by atoms with van der Waals surface area (Å²) >= 11 is 0.736. The fourth-order valence-corrected chi connectivity index (χ4v) is 3.59. The van der Waals surface area contributed by atoms with E-state index in [-0.39, 0.29) is 11.5 Å². The molecule has 0 radical (unpaired) electrons. The molecule has 2 heterocycles. The van der Waals surface area contributed by atoms with E-state index in [1.165, 1.54) is 19.1 Å². The minimum absolute atomic E-state index is 0.158. The molecule has 1 atom stereocenters. The van der Waals surface area contributed by atoms with E-state index in [0.29, 0.717) is 11.4 Å². The van der Waals surface area contributed by atoms with E-state index in [2.05, 4.69) is 0 Å². The Bertz CT molecular complexity index is 937. The van der Waals surface area contributed by atoms with Gasteiger partial charge in [0.1, 0.15) is 11.9 Å². The van der Waals surface area contributed by atoms with Gasteiger partial charge in [0.2, 0.25) is 0 Å². The van der Waals surface area contributed by atoms with Gasteiger partial charge in [-0.05, 0) is 56.0 Å². The fourth-order valence-electron chi connectivity index (χ4n) is 2.69. The van der Waals surface area contributed by atoms with Gasteiger partial charge in [-0.25, -0.2) is 9.18 Å². The number of hydrogen-bond acceptors (Lipinski definition) is 5. The van der Waals surface area contributed by atoms with Crippen molar-refractivity contribution < 1.29 is 23.5 Å². The van der Waals surface area contributed by atoms with Crippen LogP contribution in [-0.4, -0.2) is 39.2 Å². The third kappa shape index (κ3) is 3.66. The summed E-state index contributed by atoms with van der Waals surface area (Å²) < 4.78 is 20.6. The normalized spacial score (nSPS) is 16.9. The van der Waals surface area contributed by atoms with E-state index in [1.807, 2.05) is 0 Å². The van der Waals surface area contributed by atoms with Crippen molar-refractivity contribution in [3.05, 3.63) is 59.0 Å². The van der Waals surface area contributed by atoms with Gasteiger partial charge >= 0.3 is 5.97 Å². The van der Waals surface area contributed by atoms with Crippen molar-refractivity contribution in [2.75, 3.05) is 6.61 Å². The molecule has 0 bridgehead atoms. The zero-order valence-electron chi connectivity index (χ0n) is 14.7. The lowest BCUT2D eigenvalue weighted by Crippen LogP contribution is -2.42. The highest BCUT2D eigenvalue weighted by Gasteiger charge is 2.41. The van der Waals surface area contributed by atoms with E-state index in [4.69, 9.17) is 4.74 Å². The molecule has 2 amide bonds. The highest BCUT2D eigenvalue weighted by Crippen LogP contribution is 2.34. The van der Waals surface area contributed by atoms with E-state index in [9.17, 15) is 18.8 Å². The van der Waals surface area contributed by atoms with Gasteiger partial charge in [0.05, 0.1) is 17.2 Å². The Hall–Kier alpha value is -2.87. The van der Waals surface area contributed by atoms with E-state index >= 15 is 0 Å². The van der Waals surface area contributed by atoms with Gasteiger partial charge in [0, 0.05) is 11.9 Å². The second-order valence-corrected chi connectivity index (χ2v) is 6.73. The maximum Gasteiger partial charge on any atom is 0.329 e. The number of halogens is 1. The topological polar surface area (TPSA) is 68.6 Å². The molecular formula is C19H17FN2O4S. The smallest absolute Gasteiger partial charge is 0.329 e. The first-order chi connectivity index (χ1) is 12.9. The van der Waals surface area contributed by atoms with Crippen LogP contribution in [0.15, 0.2) is 47.5 Å². The van der Waals surface area contributed by atoms with Crippen LogP contribution in [0.5, 0.6) is 0 Å². The van der Waals surface area contributed by atoms with Gasteiger partial charge in [-0.2, -0.15) is 0 Å². The zero-order valence-corrected chi connectivity index (χ0v) is 15.5. The number of nitrogens with zero attached hydrogens (tertiary/aromatic N) is 2. The van der Waals surface area contributed by atoms with E-state index < -0.39 is 29.0 Å². The van der Waals surface area contributed by atoms with Crippen LogP contribution in [0.2, 0.25) is 0 Å². The van der Waals surface area contributed by atoms with E-state index in [0.717, 1.165) is 16.7 Å². The third-order valence-corrected chi connectivity index (χ3v) is 4.89. The number of benzene rings is 1. The molecule has 0 N–H and O–H groups in total. The van der Waals surface area contributed by atoms with Gasteiger partial charge < -0.3 is 9.30 Å². The number of thioether (sulfide) groups is 1. The fraction of sp³-hybridized carbons (Fsp3) is 0.211. The lowest BCUT2D eigenvalue weighted by Gasteiger charge is -2.19. The molecule has 3 rings (SSSR count). The summed E-state index contributed by atoms with van der Waals surface area (Å²) in [5.74, 6) is -1.63. The highest BCUT2D eigenvalue weighted by atomic mass is 32.2. The quantitative estimate of drug-likeness (QED) is 0.578. The minimum atomic E-state index is -1.01. The van der Waals surface area contributed by atoms with Crippen molar-refractivity contribution in [1.29, 1.82) is 0 Å². The molecule has 1 aliphatic heterocycles. The predicted molar refractivity (Wildman–Crippen MR) is 99.6 cm³/mol. The second-order valence-electron chi connectivity index (χ2n) is 5.73. The Morgan fingerprint density at radius 3 is 2.70 bits per heavy atom. The molecule has 8 heteroatoms. The standard InChI is InChI=1S/C19H17FN2O4S/c1-3-26-18(24)12(2)22-17(23)16(27-19(22)25)11-13-7-6-10-21(13)15-9-5-4-8-14(15)20/h4-12H,3H2,1-2H3/b16-11+/t12-/m0/s1. The minimum Gasteiger partial charge on any atom is -0.464 e. The molecule has 27 heavy (non-hydrogen) atoms. The number of imide groups is 1. The number of para-hydroxylation sites is 1. The number of aromatic nitrogens is 1. The number of carbonyl (C=O) groups excluding carboxylic acids is 3. The summed E-state index contributed by atoms with van der Waals surface area (Å²) in [4.78, 5) is 37.8. The number of rotatable bonds is 5. The van der Waals surface area contributed by atoms with Gasteiger partial charge in [0.15, 0.2) is 0 Å². The van der Waals surface area contributed by atoms with Gasteiger partial charge in [0.25, 0.3) is 11.1 Å². The SMILES string of the molecule is CCOC(=O)[C@H](C)N1C(=O)S/C(=C/c2cccn2-c2ccccc2F)C1=O. The molecule has 1 aromatic carbocycles. The van der Waals surface area contributed by atoms with Crippen LogP contribution < -0.4 is 0 Å². The Kier molecular flexibility index (Phi) is 5.46. The largest absolute Gasteiger partial charge is 0.464 e. The monoisotopic (exact) mass is 388 g/mol. The average molecular weight is 388 g/mol. The third-order valence-electron chi connectivity index (χ3n) is 4.01. The maximum atomic E-state index is 14.1. The van der Waals surface area contributed by atoms with Crippen LogP contribution in [0.3, 0.4) is 0 Å². The van der Waals surface area contributed by atoms with Gasteiger partial charge in [-0.1, -0.05) is 12.1 Å².